The van der Waals surface area contributed by atoms with Crippen LogP contribution >= 0.6 is 0 Å². The number of nitrogens with one attached hydrogen (secondary N) is 3. The van der Waals surface area contributed by atoms with Crippen LogP contribution in [-0.2, 0) is 14.8 Å². The summed E-state index contributed by atoms with van der Waals surface area (Å²) in [4.78, 5) is 11.8. The van der Waals surface area contributed by atoms with Crippen LogP contribution in [-0.4, -0.2) is 45.8 Å². The van der Waals surface area contributed by atoms with E-state index in [1.807, 2.05) is 0 Å². The molecule has 1 aliphatic heterocycles. The van der Waals surface area contributed by atoms with Crippen LogP contribution in [0, 0.1) is 5.92 Å². The molecule has 2 fully saturated rings. The summed E-state index contributed by atoms with van der Waals surface area (Å²) >= 11 is 0. The second-order valence-electron chi connectivity index (χ2n) is 5.76. The summed E-state index contributed by atoms with van der Waals surface area (Å²) in [5.41, 5.74) is 0. The number of hydrogen-bond donors (Lipinski definition) is 3. The van der Waals surface area contributed by atoms with Crippen molar-refractivity contribution in [2.45, 2.75) is 44.6 Å². The summed E-state index contributed by atoms with van der Waals surface area (Å²) in [5, 5.41) is 5.85. The molecule has 1 aliphatic carbocycles. The van der Waals surface area contributed by atoms with Gasteiger partial charge >= 0.3 is 0 Å². The largest absolute Gasteiger partial charge is 0.354 e. The van der Waals surface area contributed by atoms with Gasteiger partial charge in [-0.25, -0.2) is 13.1 Å². The van der Waals surface area contributed by atoms with Gasteiger partial charge in [-0.05, 0) is 38.1 Å². The molecule has 1 amide bonds. The maximum atomic E-state index is 11.8. The zero-order valence-electron chi connectivity index (χ0n) is 11.9. The Kier molecular flexibility index (Phi) is 5.80. The maximum Gasteiger partial charge on any atom is 0.237 e. The Balaban J connectivity index is 1.61. The van der Waals surface area contributed by atoms with Gasteiger partial charge in [0, 0.05) is 13.1 Å². The monoisotopic (exact) mass is 303 g/mol. The number of piperidine rings is 1. The first-order valence-electron chi connectivity index (χ1n) is 7.55. The lowest BCUT2D eigenvalue weighted by Gasteiger charge is -2.25. The smallest absolute Gasteiger partial charge is 0.237 e. The fraction of sp³-hybridized carbons (Fsp3) is 0.923. The first kappa shape index (κ1) is 15.7. The molecule has 0 aromatic carbocycles. The summed E-state index contributed by atoms with van der Waals surface area (Å²) in [6, 6.07) is -0.158. The number of hydrogen-bond acceptors (Lipinski definition) is 4. The van der Waals surface area contributed by atoms with Crippen molar-refractivity contribution in [3.63, 3.8) is 0 Å². The van der Waals surface area contributed by atoms with Crippen LogP contribution < -0.4 is 15.4 Å². The minimum absolute atomic E-state index is 0.0435. The van der Waals surface area contributed by atoms with E-state index in [0.29, 0.717) is 12.5 Å². The Morgan fingerprint density at radius 1 is 1.15 bits per heavy atom. The standard InChI is InChI=1S/C13H25N3O3S/c17-13(12-6-1-2-7-14-12)15-8-9-20(18,19)16-10-11-4-3-5-11/h11-12,14,16H,1-10H2,(H,15,17). The average Bonchev–Trinajstić information content (AvgIpc) is 2.37. The van der Waals surface area contributed by atoms with E-state index in [-0.39, 0.29) is 24.2 Å². The number of rotatable bonds is 7. The quantitative estimate of drug-likeness (QED) is 0.616. The normalized spacial score (nSPS) is 24.1. The Morgan fingerprint density at radius 2 is 1.95 bits per heavy atom. The first-order chi connectivity index (χ1) is 9.57. The Morgan fingerprint density at radius 3 is 2.55 bits per heavy atom. The SMILES string of the molecule is O=C(NCCS(=O)(=O)NCC1CCC1)C1CCCCN1. The zero-order chi connectivity index (χ0) is 14.4. The van der Waals surface area contributed by atoms with Crippen LogP contribution in [0.15, 0.2) is 0 Å². The van der Waals surface area contributed by atoms with Crippen LogP contribution in [0.3, 0.4) is 0 Å². The molecule has 1 saturated carbocycles. The molecule has 116 valence electrons. The summed E-state index contributed by atoms with van der Waals surface area (Å²) in [7, 11) is -3.26. The molecule has 1 heterocycles. The number of amides is 1. The van der Waals surface area contributed by atoms with Gasteiger partial charge < -0.3 is 10.6 Å². The van der Waals surface area contributed by atoms with Crippen LogP contribution in [0.1, 0.15) is 38.5 Å². The molecule has 0 bridgehead atoms. The van der Waals surface area contributed by atoms with Gasteiger partial charge in [0.05, 0.1) is 11.8 Å². The lowest BCUT2D eigenvalue weighted by atomic mass is 9.86. The van der Waals surface area contributed by atoms with Crippen molar-refractivity contribution in [2.24, 2.45) is 5.92 Å². The number of carbonyl (C=O) groups excluding carboxylic acids is 1. The van der Waals surface area contributed by atoms with Crippen LogP contribution in [0.2, 0.25) is 0 Å². The van der Waals surface area contributed by atoms with Crippen molar-refractivity contribution in [2.75, 3.05) is 25.4 Å². The molecular weight excluding hydrogens is 278 g/mol. The number of sulfonamides is 1. The van der Waals surface area contributed by atoms with Gasteiger partial charge in [-0.3, -0.25) is 4.79 Å². The van der Waals surface area contributed by atoms with Gasteiger partial charge in [0.1, 0.15) is 0 Å². The third-order valence-corrected chi connectivity index (χ3v) is 5.46. The van der Waals surface area contributed by atoms with Crippen LogP contribution in [0.25, 0.3) is 0 Å². The lowest BCUT2D eigenvalue weighted by molar-refractivity contribution is -0.123. The fourth-order valence-corrected chi connectivity index (χ4v) is 3.53. The van der Waals surface area contributed by atoms with Crippen molar-refractivity contribution in [3.05, 3.63) is 0 Å². The van der Waals surface area contributed by atoms with Crippen molar-refractivity contribution in [1.29, 1.82) is 0 Å². The van der Waals surface area contributed by atoms with Crippen LogP contribution in [0.4, 0.5) is 0 Å². The second kappa shape index (κ2) is 7.38. The zero-order valence-corrected chi connectivity index (χ0v) is 12.7. The molecule has 6 nitrogen and oxygen atoms in total. The molecule has 3 N–H and O–H groups in total. The van der Waals surface area contributed by atoms with E-state index in [9.17, 15) is 13.2 Å². The molecule has 0 spiro atoms. The summed E-state index contributed by atoms with van der Waals surface area (Å²) in [6.45, 7) is 1.58. The van der Waals surface area contributed by atoms with E-state index in [2.05, 4.69) is 15.4 Å². The summed E-state index contributed by atoms with van der Waals surface area (Å²) in [6.07, 6.45) is 6.42. The predicted molar refractivity (Wildman–Crippen MR) is 77.8 cm³/mol. The molecular formula is C13H25N3O3S. The van der Waals surface area contributed by atoms with Crippen molar-refractivity contribution >= 4 is 15.9 Å². The van der Waals surface area contributed by atoms with Crippen molar-refractivity contribution in [1.82, 2.24) is 15.4 Å². The molecule has 0 radical (unpaired) electrons. The molecule has 20 heavy (non-hydrogen) atoms. The van der Waals surface area contributed by atoms with Gasteiger partial charge in [-0.2, -0.15) is 0 Å². The Labute approximate surface area is 121 Å². The molecule has 1 atom stereocenters. The third-order valence-electron chi connectivity index (χ3n) is 4.11. The molecule has 1 unspecified atom stereocenters. The average molecular weight is 303 g/mol. The van der Waals surface area contributed by atoms with E-state index in [1.54, 1.807) is 0 Å². The minimum atomic E-state index is -3.26. The second-order valence-corrected chi connectivity index (χ2v) is 7.68. The third kappa shape index (κ3) is 5.03. The van der Waals surface area contributed by atoms with Gasteiger partial charge in [-0.15, -0.1) is 0 Å². The molecule has 2 rings (SSSR count). The summed E-state index contributed by atoms with van der Waals surface area (Å²) in [5.74, 6) is 0.378. The topological polar surface area (TPSA) is 87.3 Å². The van der Waals surface area contributed by atoms with E-state index < -0.39 is 10.0 Å². The van der Waals surface area contributed by atoms with E-state index in [1.165, 1.54) is 6.42 Å². The first-order valence-corrected chi connectivity index (χ1v) is 9.20. The highest BCUT2D eigenvalue weighted by molar-refractivity contribution is 7.89. The highest BCUT2D eigenvalue weighted by atomic mass is 32.2. The van der Waals surface area contributed by atoms with E-state index >= 15 is 0 Å². The van der Waals surface area contributed by atoms with Gasteiger partial charge in [-0.1, -0.05) is 12.8 Å². The molecule has 0 aromatic rings. The highest BCUT2D eigenvalue weighted by Gasteiger charge is 2.22. The number of carbonyl (C=O) groups is 1. The van der Waals surface area contributed by atoms with Crippen molar-refractivity contribution < 1.29 is 13.2 Å². The summed E-state index contributed by atoms with van der Waals surface area (Å²) < 4.78 is 26.1. The van der Waals surface area contributed by atoms with Gasteiger partial charge in [0.15, 0.2) is 0 Å². The predicted octanol–water partition coefficient (Wildman–Crippen LogP) is -0.0358. The molecule has 2 aliphatic rings. The van der Waals surface area contributed by atoms with E-state index in [4.69, 9.17) is 0 Å². The highest BCUT2D eigenvalue weighted by Crippen LogP contribution is 2.25. The fourth-order valence-electron chi connectivity index (χ4n) is 2.52. The maximum absolute atomic E-state index is 11.8. The van der Waals surface area contributed by atoms with Crippen LogP contribution in [0.5, 0.6) is 0 Å². The Bertz CT molecular complexity index is 415. The lowest BCUT2D eigenvalue weighted by Crippen LogP contribution is -2.48. The Hall–Kier alpha value is -0.660. The molecule has 1 saturated heterocycles. The van der Waals surface area contributed by atoms with Gasteiger partial charge in [0.2, 0.25) is 15.9 Å². The molecule has 7 heteroatoms. The van der Waals surface area contributed by atoms with Gasteiger partial charge in [0.25, 0.3) is 0 Å². The minimum Gasteiger partial charge on any atom is -0.354 e. The van der Waals surface area contributed by atoms with Crippen molar-refractivity contribution in [3.8, 4) is 0 Å². The van der Waals surface area contributed by atoms with E-state index in [0.717, 1.165) is 38.6 Å². The molecule has 0 aromatic heterocycles.